The monoisotopic (exact) mass is 214 g/mol. The second-order valence-electron chi connectivity index (χ2n) is 2.06. The predicted molar refractivity (Wildman–Crippen MR) is 62.1 cm³/mol. The predicted octanol–water partition coefficient (Wildman–Crippen LogP) is 2.27. The number of hydrogen-bond acceptors (Lipinski definition) is 4. The van der Waals surface area contributed by atoms with Gasteiger partial charge < -0.3 is 10.4 Å². The number of nitro benzene ring substituents is 1. The Morgan fingerprint density at radius 1 is 1.33 bits per heavy atom. The van der Waals surface area contributed by atoms with Crippen molar-refractivity contribution in [2.24, 2.45) is 0 Å². The fourth-order valence-corrected chi connectivity index (χ4v) is 0.775. The van der Waals surface area contributed by atoms with Crippen molar-refractivity contribution in [3.8, 4) is 0 Å². The first-order valence-electron chi connectivity index (χ1n) is 4.61. The summed E-state index contributed by atoms with van der Waals surface area (Å²) in [6.45, 7) is 4.00. The van der Waals surface area contributed by atoms with Crippen molar-refractivity contribution >= 4 is 11.4 Å². The Hall–Kier alpha value is -1.62. The topological polar surface area (TPSA) is 75.4 Å². The second-order valence-corrected chi connectivity index (χ2v) is 2.06. The summed E-state index contributed by atoms with van der Waals surface area (Å²) < 4.78 is 0. The first-order valence-corrected chi connectivity index (χ1v) is 4.61. The Kier molecular flexibility index (Phi) is 11.0. The normalized spacial score (nSPS) is 7.53. The van der Waals surface area contributed by atoms with Gasteiger partial charge in [-0.3, -0.25) is 10.1 Å². The molecule has 0 saturated carbocycles. The number of benzene rings is 1. The highest BCUT2D eigenvalue weighted by molar-refractivity contribution is 5.50. The number of aliphatic hydroxyl groups excluding tert-OH is 1. The fourth-order valence-electron chi connectivity index (χ4n) is 0.775. The smallest absolute Gasteiger partial charge is 0.271 e. The second kappa shape index (κ2) is 10.5. The molecule has 0 aliphatic carbocycles. The quantitative estimate of drug-likeness (QED) is 0.585. The molecule has 0 aliphatic rings. The van der Waals surface area contributed by atoms with E-state index in [9.17, 15) is 10.1 Å². The van der Waals surface area contributed by atoms with E-state index in [4.69, 9.17) is 5.11 Å². The van der Waals surface area contributed by atoms with Gasteiger partial charge >= 0.3 is 0 Å². The van der Waals surface area contributed by atoms with Gasteiger partial charge in [0.15, 0.2) is 0 Å². The van der Waals surface area contributed by atoms with E-state index in [1.54, 1.807) is 19.2 Å². The zero-order valence-electron chi connectivity index (χ0n) is 9.52. The minimum absolute atomic E-state index is 0.108. The van der Waals surface area contributed by atoms with Crippen LogP contribution in [0.15, 0.2) is 24.3 Å². The Balaban J connectivity index is 0. The van der Waals surface area contributed by atoms with Gasteiger partial charge in [0.25, 0.3) is 5.69 Å². The Morgan fingerprint density at radius 3 is 2.27 bits per heavy atom. The first kappa shape index (κ1) is 15.8. The highest BCUT2D eigenvalue weighted by atomic mass is 16.6. The van der Waals surface area contributed by atoms with Crippen LogP contribution in [0.3, 0.4) is 0 Å². The van der Waals surface area contributed by atoms with Crippen LogP contribution in [0, 0.1) is 10.1 Å². The molecule has 15 heavy (non-hydrogen) atoms. The van der Waals surface area contributed by atoms with Crippen LogP contribution in [0.2, 0.25) is 0 Å². The lowest BCUT2D eigenvalue weighted by Crippen LogP contribution is -1.91. The third-order valence-corrected chi connectivity index (χ3v) is 1.35. The molecule has 86 valence electrons. The van der Waals surface area contributed by atoms with Crippen LogP contribution in [0.4, 0.5) is 11.4 Å². The van der Waals surface area contributed by atoms with Crippen LogP contribution < -0.4 is 5.32 Å². The van der Waals surface area contributed by atoms with E-state index in [1.807, 2.05) is 13.8 Å². The molecule has 5 nitrogen and oxygen atoms in total. The molecule has 0 bridgehead atoms. The number of nitrogens with zero attached hydrogens (tertiary/aromatic N) is 1. The van der Waals surface area contributed by atoms with Gasteiger partial charge in [0, 0.05) is 32.0 Å². The van der Waals surface area contributed by atoms with Crippen molar-refractivity contribution in [1.29, 1.82) is 0 Å². The van der Waals surface area contributed by atoms with Crippen molar-refractivity contribution in [2.75, 3.05) is 19.5 Å². The minimum Gasteiger partial charge on any atom is -0.400 e. The van der Waals surface area contributed by atoms with Gasteiger partial charge in [0.1, 0.15) is 0 Å². The molecule has 0 spiro atoms. The van der Waals surface area contributed by atoms with Crippen LogP contribution in [-0.2, 0) is 0 Å². The number of nitro groups is 1. The average Bonchev–Trinajstić information content (AvgIpc) is 2.34. The molecule has 0 heterocycles. The zero-order valence-corrected chi connectivity index (χ0v) is 9.52. The van der Waals surface area contributed by atoms with E-state index < -0.39 is 4.92 Å². The average molecular weight is 214 g/mol. The van der Waals surface area contributed by atoms with Crippen molar-refractivity contribution in [1.82, 2.24) is 0 Å². The summed E-state index contributed by atoms with van der Waals surface area (Å²) in [6.07, 6.45) is 0. The van der Waals surface area contributed by atoms with Crippen LogP contribution in [0.25, 0.3) is 0 Å². The van der Waals surface area contributed by atoms with E-state index in [2.05, 4.69) is 5.32 Å². The highest BCUT2D eigenvalue weighted by Crippen LogP contribution is 2.15. The molecular weight excluding hydrogens is 196 g/mol. The minimum atomic E-state index is -0.416. The lowest BCUT2D eigenvalue weighted by atomic mass is 10.3. The van der Waals surface area contributed by atoms with E-state index in [-0.39, 0.29) is 5.69 Å². The SMILES string of the molecule is CC.CNc1cccc([N+](=O)[O-])c1.CO. The molecular formula is C10H18N2O3. The number of hydrogen-bond donors (Lipinski definition) is 2. The summed E-state index contributed by atoms with van der Waals surface area (Å²) in [5.74, 6) is 0. The van der Waals surface area contributed by atoms with Gasteiger partial charge in [-0.25, -0.2) is 0 Å². The molecule has 2 N–H and O–H groups in total. The Labute approximate surface area is 89.9 Å². The molecule has 1 rings (SSSR count). The standard InChI is InChI=1S/C7H8N2O2.C2H6.CH4O/c1-8-6-3-2-4-7(5-6)9(10)11;2*1-2/h2-5,8H,1H3;1-2H3;2H,1H3. The van der Waals surface area contributed by atoms with Gasteiger partial charge in [-0.15, -0.1) is 0 Å². The highest BCUT2D eigenvalue weighted by Gasteiger charge is 2.03. The number of non-ortho nitro benzene ring substituents is 1. The largest absolute Gasteiger partial charge is 0.400 e. The van der Waals surface area contributed by atoms with Crippen molar-refractivity contribution < 1.29 is 10.0 Å². The third kappa shape index (κ3) is 6.45. The number of rotatable bonds is 2. The van der Waals surface area contributed by atoms with E-state index >= 15 is 0 Å². The van der Waals surface area contributed by atoms with E-state index in [1.165, 1.54) is 12.1 Å². The molecule has 0 radical (unpaired) electrons. The lowest BCUT2D eigenvalue weighted by molar-refractivity contribution is -0.384. The zero-order chi connectivity index (χ0) is 12.3. The molecule has 0 aromatic heterocycles. The van der Waals surface area contributed by atoms with Gasteiger partial charge in [0.2, 0.25) is 0 Å². The summed E-state index contributed by atoms with van der Waals surface area (Å²) >= 11 is 0. The Morgan fingerprint density at radius 2 is 1.87 bits per heavy atom. The maximum atomic E-state index is 10.2. The van der Waals surface area contributed by atoms with Crippen molar-refractivity contribution in [3.63, 3.8) is 0 Å². The maximum Gasteiger partial charge on any atom is 0.271 e. The summed E-state index contributed by atoms with van der Waals surface area (Å²) in [6, 6.07) is 6.36. The third-order valence-electron chi connectivity index (χ3n) is 1.35. The summed E-state index contributed by atoms with van der Waals surface area (Å²) in [5, 5.41) is 20.1. The van der Waals surface area contributed by atoms with Crippen LogP contribution in [-0.4, -0.2) is 24.2 Å². The maximum absolute atomic E-state index is 10.2. The van der Waals surface area contributed by atoms with Gasteiger partial charge in [0.05, 0.1) is 4.92 Å². The van der Waals surface area contributed by atoms with E-state index in [0.717, 1.165) is 12.8 Å². The van der Waals surface area contributed by atoms with Crippen LogP contribution in [0.5, 0.6) is 0 Å². The van der Waals surface area contributed by atoms with Crippen molar-refractivity contribution in [3.05, 3.63) is 34.4 Å². The van der Waals surface area contributed by atoms with Crippen LogP contribution >= 0.6 is 0 Å². The fraction of sp³-hybridized carbons (Fsp3) is 0.400. The molecule has 1 aromatic rings. The summed E-state index contributed by atoms with van der Waals surface area (Å²) in [5.41, 5.74) is 0.857. The lowest BCUT2D eigenvalue weighted by Gasteiger charge is -1.97. The summed E-state index contributed by atoms with van der Waals surface area (Å²) in [7, 11) is 2.72. The van der Waals surface area contributed by atoms with Gasteiger partial charge in [-0.1, -0.05) is 19.9 Å². The molecule has 0 aliphatic heterocycles. The van der Waals surface area contributed by atoms with E-state index in [0.29, 0.717) is 0 Å². The number of aliphatic hydroxyl groups is 1. The molecule has 0 fully saturated rings. The molecule has 0 unspecified atom stereocenters. The molecule has 0 atom stereocenters. The number of nitrogens with one attached hydrogen (secondary N) is 1. The van der Waals surface area contributed by atoms with Gasteiger partial charge in [-0.2, -0.15) is 0 Å². The molecule has 1 aromatic carbocycles. The van der Waals surface area contributed by atoms with Gasteiger partial charge in [-0.05, 0) is 6.07 Å². The Bertz CT molecular complexity index is 277. The summed E-state index contributed by atoms with van der Waals surface area (Å²) in [4.78, 5) is 9.83. The molecule has 0 amide bonds. The first-order chi connectivity index (χ1) is 7.24. The number of anilines is 1. The molecule has 0 saturated heterocycles. The van der Waals surface area contributed by atoms with Crippen molar-refractivity contribution in [2.45, 2.75) is 13.8 Å². The van der Waals surface area contributed by atoms with Crippen LogP contribution in [0.1, 0.15) is 13.8 Å². The molecule has 5 heteroatoms.